The summed E-state index contributed by atoms with van der Waals surface area (Å²) < 4.78 is 1.01. The normalized spacial score (nSPS) is 14.8. The maximum atomic E-state index is 12.6. The predicted octanol–water partition coefficient (Wildman–Crippen LogP) is 5.14. The van der Waals surface area contributed by atoms with Crippen molar-refractivity contribution in [3.63, 3.8) is 0 Å². The number of rotatable bonds is 4. The molecule has 0 atom stereocenters. The number of carbonyl (C=O) groups is 1. The van der Waals surface area contributed by atoms with Crippen molar-refractivity contribution in [1.82, 2.24) is 0 Å². The van der Waals surface area contributed by atoms with Crippen LogP contribution in [0.1, 0.15) is 46.7 Å². The van der Waals surface area contributed by atoms with Crippen molar-refractivity contribution in [1.29, 1.82) is 0 Å². The lowest BCUT2D eigenvalue weighted by Crippen LogP contribution is -2.15. The Labute approximate surface area is 128 Å². The molecular formula is C18H17BrO. The van der Waals surface area contributed by atoms with Crippen LogP contribution in [0, 0.1) is 0 Å². The van der Waals surface area contributed by atoms with Crippen LogP contribution in [0.2, 0.25) is 0 Å². The molecule has 20 heavy (non-hydrogen) atoms. The molecule has 2 heteroatoms. The zero-order chi connectivity index (χ0) is 13.9. The fraction of sp³-hybridized carbons (Fsp3) is 0.278. The van der Waals surface area contributed by atoms with Crippen LogP contribution in [0.15, 0.2) is 53.0 Å². The van der Waals surface area contributed by atoms with Gasteiger partial charge in [-0.2, -0.15) is 0 Å². The van der Waals surface area contributed by atoms with Crippen LogP contribution in [0.5, 0.6) is 0 Å². The van der Waals surface area contributed by atoms with Gasteiger partial charge >= 0.3 is 0 Å². The SMILES string of the molecule is O=C(Cc1ccccc1Br)c1ccccc1C1CCC1. The Morgan fingerprint density at radius 2 is 1.75 bits per heavy atom. The molecule has 0 aliphatic heterocycles. The first-order valence-corrected chi connectivity index (χ1v) is 7.90. The van der Waals surface area contributed by atoms with Gasteiger partial charge in [-0.15, -0.1) is 0 Å². The molecule has 2 aromatic rings. The van der Waals surface area contributed by atoms with Crippen LogP contribution >= 0.6 is 15.9 Å². The van der Waals surface area contributed by atoms with Crippen LogP contribution in [0.4, 0.5) is 0 Å². The van der Waals surface area contributed by atoms with E-state index in [1.165, 1.54) is 24.8 Å². The van der Waals surface area contributed by atoms with Crippen molar-refractivity contribution in [3.8, 4) is 0 Å². The topological polar surface area (TPSA) is 17.1 Å². The van der Waals surface area contributed by atoms with Gasteiger partial charge in [0, 0.05) is 16.5 Å². The molecule has 1 saturated carbocycles. The molecule has 0 bridgehead atoms. The predicted molar refractivity (Wildman–Crippen MR) is 85.2 cm³/mol. The highest BCUT2D eigenvalue weighted by molar-refractivity contribution is 9.10. The summed E-state index contributed by atoms with van der Waals surface area (Å²) in [7, 11) is 0. The van der Waals surface area contributed by atoms with E-state index in [1.54, 1.807) is 0 Å². The van der Waals surface area contributed by atoms with Crippen molar-refractivity contribution in [2.24, 2.45) is 0 Å². The van der Waals surface area contributed by atoms with E-state index in [9.17, 15) is 4.79 Å². The van der Waals surface area contributed by atoms with E-state index in [0.717, 1.165) is 15.6 Å². The molecule has 2 aromatic carbocycles. The molecule has 1 aliphatic rings. The molecule has 0 unspecified atom stereocenters. The molecule has 0 spiro atoms. The monoisotopic (exact) mass is 328 g/mol. The molecule has 1 nitrogen and oxygen atoms in total. The van der Waals surface area contributed by atoms with E-state index in [0.29, 0.717) is 12.3 Å². The van der Waals surface area contributed by atoms with Gasteiger partial charge in [0.1, 0.15) is 0 Å². The highest BCUT2D eigenvalue weighted by atomic mass is 79.9. The second-order valence-corrected chi connectivity index (χ2v) is 6.26. The maximum Gasteiger partial charge on any atom is 0.167 e. The summed E-state index contributed by atoms with van der Waals surface area (Å²) in [5.74, 6) is 0.814. The number of hydrogen-bond donors (Lipinski definition) is 0. The Morgan fingerprint density at radius 3 is 2.45 bits per heavy atom. The number of hydrogen-bond acceptors (Lipinski definition) is 1. The lowest BCUT2D eigenvalue weighted by molar-refractivity contribution is 0.0991. The zero-order valence-corrected chi connectivity index (χ0v) is 12.9. The summed E-state index contributed by atoms with van der Waals surface area (Å²) in [6.07, 6.45) is 4.20. The molecule has 0 aromatic heterocycles. The standard InChI is InChI=1S/C18H17BrO/c19-17-11-4-1-6-14(17)12-18(20)16-10-3-2-9-15(16)13-7-5-8-13/h1-4,6,9-11,13H,5,7-8,12H2. The Hall–Kier alpha value is -1.41. The third-order valence-corrected chi connectivity index (χ3v) is 4.89. The fourth-order valence-electron chi connectivity index (χ4n) is 2.74. The number of benzene rings is 2. The summed E-state index contributed by atoms with van der Waals surface area (Å²) in [5.41, 5.74) is 3.21. The number of Topliss-reactive ketones (excluding diaryl/α,β-unsaturated/α-hetero) is 1. The summed E-state index contributed by atoms with van der Waals surface area (Å²) in [4.78, 5) is 12.6. The van der Waals surface area contributed by atoms with Crippen LogP contribution in [-0.4, -0.2) is 5.78 Å². The van der Waals surface area contributed by atoms with Crippen molar-refractivity contribution >= 4 is 21.7 Å². The lowest BCUT2D eigenvalue weighted by atomic mass is 9.77. The van der Waals surface area contributed by atoms with Crippen molar-refractivity contribution < 1.29 is 4.79 Å². The van der Waals surface area contributed by atoms with Crippen LogP contribution < -0.4 is 0 Å². The zero-order valence-electron chi connectivity index (χ0n) is 11.3. The molecule has 1 aliphatic carbocycles. The molecular weight excluding hydrogens is 312 g/mol. The summed E-state index contributed by atoms with van der Waals surface area (Å²) >= 11 is 3.52. The summed E-state index contributed by atoms with van der Waals surface area (Å²) in [6, 6.07) is 16.1. The fourth-order valence-corrected chi connectivity index (χ4v) is 3.16. The molecule has 0 amide bonds. The van der Waals surface area contributed by atoms with Gasteiger partial charge in [-0.3, -0.25) is 4.79 Å². The van der Waals surface area contributed by atoms with Gasteiger partial charge in [0.2, 0.25) is 0 Å². The number of carbonyl (C=O) groups excluding carboxylic acids is 1. The minimum atomic E-state index is 0.222. The minimum absolute atomic E-state index is 0.222. The van der Waals surface area contributed by atoms with Crippen molar-refractivity contribution in [2.75, 3.05) is 0 Å². The third-order valence-electron chi connectivity index (χ3n) is 4.12. The molecule has 0 saturated heterocycles. The van der Waals surface area contributed by atoms with Crippen molar-refractivity contribution in [2.45, 2.75) is 31.6 Å². The van der Waals surface area contributed by atoms with E-state index in [1.807, 2.05) is 42.5 Å². The number of ketones is 1. The van der Waals surface area contributed by atoms with Gasteiger partial charge in [0.15, 0.2) is 5.78 Å². The Morgan fingerprint density at radius 1 is 1.05 bits per heavy atom. The van der Waals surface area contributed by atoms with E-state index in [4.69, 9.17) is 0 Å². The van der Waals surface area contributed by atoms with Crippen LogP contribution in [0.3, 0.4) is 0 Å². The van der Waals surface area contributed by atoms with Crippen LogP contribution in [0.25, 0.3) is 0 Å². The van der Waals surface area contributed by atoms with Crippen molar-refractivity contribution in [3.05, 3.63) is 69.7 Å². The highest BCUT2D eigenvalue weighted by Crippen LogP contribution is 2.38. The second-order valence-electron chi connectivity index (χ2n) is 5.41. The highest BCUT2D eigenvalue weighted by Gasteiger charge is 2.24. The first kappa shape index (κ1) is 13.6. The van der Waals surface area contributed by atoms with E-state index < -0.39 is 0 Å². The van der Waals surface area contributed by atoms with Gasteiger partial charge < -0.3 is 0 Å². The molecule has 0 N–H and O–H groups in total. The third kappa shape index (κ3) is 2.71. The average molecular weight is 329 g/mol. The van der Waals surface area contributed by atoms with Gasteiger partial charge in [-0.05, 0) is 36.0 Å². The smallest absolute Gasteiger partial charge is 0.167 e. The number of halogens is 1. The first-order valence-electron chi connectivity index (χ1n) is 7.11. The van der Waals surface area contributed by atoms with E-state index in [-0.39, 0.29) is 5.78 Å². The summed E-state index contributed by atoms with van der Waals surface area (Å²) in [6.45, 7) is 0. The Kier molecular flexibility index (Phi) is 4.02. The Balaban J connectivity index is 1.86. The van der Waals surface area contributed by atoms with Gasteiger partial charge in [-0.25, -0.2) is 0 Å². The van der Waals surface area contributed by atoms with E-state index in [2.05, 4.69) is 22.0 Å². The molecule has 1 fully saturated rings. The summed E-state index contributed by atoms with van der Waals surface area (Å²) in [5, 5.41) is 0. The largest absolute Gasteiger partial charge is 0.294 e. The van der Waals surface area contributed by atoms with Gasteiger partial charge in [0.25, 0.3) is 0 Å². The Bertz CT molecular complexity index is 629. The molecule has 0 heterocycles. The lowest BCUT2D eigenvalue weighted by Gasteiger charge is -2.27. The molecule has 3 rings (SSSR count). The van der Waals surface area contributed by atoms with E-state index >= 15 is 0 Å². The maximum absolute atomic E-state index is 12.6. The first-order chi connectivity index (χ1) is 9.75. The minimum Gasteiger partial charge on any atom is -0.294 e. The van der Waals surface area contributed by atoms with Gasteiger partial charge in [-0.1, -0.05) is 64.8 Å². The quantitative estimate of drug-likeness (QED) is 0.710. The molecule has 102 valence electrons. The molecule has 0 radical (unpaired) electrons. The average Bonchev–Trinajstić information content (AvgIpc) is 2.40. The van der Waals surface area contributed by atoms with Crippen LogP contribution in [-0.2, 0) is 6.42 Å². The van der Waals surface area contributed by atoms with Gasteiger partial charge in [0.05, 0.1) is 0 Å². The second kappa shape index (κ2) is 5.92.